The van der Waals surface area contributed by atoms with Crippen molar-refractivity contribution in [3.8, 4) is 5.69 Å². The quantitative estimate of drug-likeness (QED) is 0.154. The number of Topliss-reactive ketones (excluding diaryl/α,β-unsaturated/α-hetero) is 1. The highest BCUT2D eigenvalue weighted by Gasteiger charge is 2.28. The van der Waals surface area contributed by atoms with Crippen molar-refractivity contribution in [2.24, 2.45) is 7.05 Å². The number of amides is 1. The summed E-state index contributed by atoms with van der Waals surface area (Å²) in [5.41, 5.74) is -1.20. The Kier molecular flexibility index (Phi) is 11.5. The van der Waals surface area contributed by atoms with Gasteiger partial charge in [0.2, 0.25) is 0 Å². The lowest BCUT2D eigenvalue weighted by Gasteiger charge is -2.20. The number of anilines is 1. The number of esters is 1. The van der Waals surface area contributed by atoms with Gasteiger partial charge in [0.05, 0.1) is 22.4 Å². The normalized spacial score (nSPS) is 12.0. The van der Waals surface area contributed by atoms with Gasteiger partial charge in [0.15, 0.2) is 5.78 Å². The molecule has 4 aromatic rings. The molecule has 0 radical (unpaired) electrons. The zero-order chi connectivity index (χ0) is 36.9. The fourth-order valence-corrected chi connectivity index (χ4v) is 6.02. The lowest BCUT2D eigenvalue weighted by Crippen LogP contribution is -2.44. The Morgan fingerprint density at radius 1 is 0.920 bits per heavy atom. The summed E-state index contributed by atoms with van der Waals surface area (Å²) in [5, 5.41) is 2.30. The number of nitrogens with zero attached hydrogens (tertiary/aromatic N) is 2. The minimum atomic E-state index is -4.33. The van der Waals surface area contributed by atoms with Crippen LogP contribution in [0.1, 0.15) is 65.6 Å². The average Bonchev–Trinajstić information content (AvgIpc) is 3.03. The van der Waals surface area contributed by atoms with Crippen LogP contribution < -0.4 is 21.3 Å². The Hall–Kier alpha value is -5.44. The molecule has 0 aliphatic rings. The third-order valence-electron chi connectivity index (χ3n) is 7.62. The van der Waals surface area contributed by atoms with Gasteiger partial charge >= 0.3 is 11.7 Å². The van der Waals surface area contributed by atoms with E-state index in [1.807, 2.05) is 6.92 Å². The van der Waals surface area contributed by atoms with Crippen LogP contribution >= 0.6 is 0 Å². The molecule has 0 spiro atoms. The number of benzene rings is 3. The summed E-state index contributed by atoms with van der Waals surface area (Å²) in [7, 11) is -2.81. The van der Waals surface area contributed by atoms with E-state index in [9.17, 15) is 32.4 Å². The van der Waals surface area contributed by atoms with Gasteiger partial charge in [-0.1, -0.05) is 31.2 Å². The Morgan fingerprint density at radius 2 is 1.52 bits per heavy atom. The second-order valence-electron chi connectivity index (χ2n) is 11.8. The van der Waals surface area contributed by atoms with E-state index in [0.29, 0.717) is 35.4 Å². The molecule has 0 bridgehead atoms. The van der Waals surface area contributed by atoms with Gasteiger partial charge in [-0.2, -0.15) is 0 Å². The highest BCUT2D eigenvalue weighted by molar-refractivity contribution is 7.92. The molecule has 1 atom stereocenters. The van der Waals surface area contributed by atoms with E-state index in [0.717, 1.165) is 4.57 Å². The minimum absolute atomic E-state index is 0.163. The molecule has 0 unspecified atom stereocenters. The monoisotopic (exact) mass is 710 g/mol. The number of carbonyl (C=O) groups excluding carboxylic acids is 3. The van der Waals surface area contributed by atoms with Crippen molar-refractivity contribution >= 4 is 33.4 Å². The van der Waals surface area contributed by atoms with Crippen molar-refractivity contribution < 1.29 is 36.3 Å². The second-order valence-corrected chi connectivity index (χ2v) is 13.5. The summed E-state index contributed by atoms with van der Waals surface area (Å²) in [6.07, 6.45) is 0.118. The van der Waals surface area contributed by atoms with Crippen molar-refractivity contribution in [2.75, 3.05) is 4.72 Å². The van der Waals surface area contributed by atoms with E-state index in [2.05, 4.69) is 10.0 Å². The third-order valence-corrected chi connectivity index (χ3v) is 9.02. The first-order chi connectivity index (χ1) is 23.5. The van der Waals surface area contributed by atoms with Gasteiger partial charge in [-0.3, -0.25) is 19.1 Å². The SMILES string of the molecule is CCCC(=O)c1ccc(S(=O)(=O)Nc2cc(F)c(C(=O)N[C@@H](Cc3ccc(-n4c(=O)cc(C)n(C)c4=O)cc3)C(=O)OC(C)C)c(F)c2)cc1. The minimum Gasteiger partial charge on any atom is -0.461 e. The predicted molar refractivity (Wildman–Crippen MR) is 181 cm³/mol. The van der Waals surface area contributed by atoms with E-state index < -0.39 is 68.2 Å². The molecular weight excluding hydrogens is 674 g/mol. The van der Waals surface area contributed by atoms with Gasteiger partial charge in [-0.05, 0) is 69.2 Å². The average molecular weight is 711 g/mol. The Morgan fingerprint density at radius 3 is 2.08 bits per heavy atom. The molecule has 4 rings (SSSR count). The molecule has 0 aliphatic carbocycles. The number of ketones is 1. The maximum atomic E-state index is 15.2. The number of halogens is 2. The molecule has 2 N–H and O–H groups in total. The molecule has 1 heterocycles. The van der Waals surface area contributed by atoms with E-state index in [1.165, 1.54) is 66.2 Å². The van der Waals surface area contributed by atoms with E-state index in [4.69, 9.17) is 4.74 Å². The van der Waals surface area contributed by atoms with E-state index in [-0.39, 0.29) is 29.2 Å². The van der Waals surface area contributed by atoms with E-state index >= 15 is 8.78 Å². The summed E-state index contributed by atoms with van der Waals surface area (Å²) < 4.78 is 65.8. The van der Waals surface area contributed by atoms with Gasteiger partial charge in [0, 0.05) is 37.2 Å². The van der Waals surface area contributed by atoms with Crippen LogP contribution in [0.4, 0.5) is 14.5 Å². The Bertz CT molecular complexity index is 2140. The number of rotatable bonds is 13. The first-order valence-corrected chi connectivity index (χ1v) is 17.1. The number of nitrogens with one attached hydrogen (secondary N) is 2. The number of sulfonamides is 1. The molecule has 0 saturated heterocycles. The van der Waals surface area contributed by atoms with Crippen LogP contribution in [-0.2, 0) is 33.0 Å². The van der Waals surface area contributed by atoms with Crippen molar-refractivity contribution in [3.05, 3.63) is 122 Å². The highest BCUT2D eigenvalue weighted by atomic mass is 32.2. The number of aromatic nitrogens is 2. The molecule has 1 amide bonds. The number of carbonyl (C=O) groups is 3. The van der Waals surface area contributed by atoms with Gasteiger partial charge < -0.3 is 14.6 Å². The van der Waals surface area contributed by atoms with Crippen LogP contribution in [0.3, 0.4) is 0 Å². The van der Waals surface area contributed by atoms with Gasteiger partial charge in [0.1, 0.15) is 23.2 Å². The van der Waals surface area contributed by atoms with Crippen molar-refractivity contribution in [3.63, 3.8) is 0 Å². The summed E-state index contributed by atoms with van der Waals surface area (Å²) in [4.78, 5) is 63.2. The molecular formula is C35H36F2N4O8S. The summed E-state index contributed by atoms with van der Waals surface area (Å²) >= 11 is 0. The van der Waals surface area contributed by atoms with Crippen LogP contribution in [0.5, 0.6) is 0 Å². The Balaban J connectivity index is 1.55. The first kappa shape index (κ1) is 37.4. The maximum absolute atomic E-state index is 15.2. The number of hydrogen-bond donors (Lipinski definition) is 2. The molecule has 15 heteroatoms. The molecule has 1 aromatic heterocycles. The van der Waals surface area contributed by atoms with Crippen molar-refractivity contribution in [2.45, 2.75) is 64.0 Å². The summed E-state index contributed by atoms with van der Waals surface area (Å²) in [6.45, 7) is 6.60. The fraction of sp³-hybridized carbons (Fsp3) is 0.286. The molecule has 0 fully saturated rings. The fourth-order valence-electron chi connectivity index (χ4n) is 4.98. The van der Waals surface area contributed by atoms with Crippen LogP contribution in [-0.4, -0.2) is 47.4 Å². The van der Waals surface area contributed by atoms with Crippen LogP contribution in [0.15, 0.2) is 81.2 Å². The third kappa shape index (κ3) is 8.58. The lowest BCUT2D eigenvalue weighted by atomic mass is 10.0. The summed E-state index contributed by atoms with van der Waals surface area (Å²) in [5.74, 6) is -5.19. The van der Waals surface area contributed by atoms with Crippen LogP contribution in [0.25, 0.3) is 5.69 Å². The molecule has 12 nitrogen and oxygen atoms in total. The zero-order valence-corrected chi connectivity index (χ0v) is 28.8. The molecule has 0 saturated carbocycles. The predicted octanol–water partition coefficient (Wildman–Crippen LogP) is 4.20. The standard InChI is InChI=1S/C35H36F2N4O8S/c1-6-7-30(42)23-10-14-26(15-11-23)50(47,48)39-24-18-27(36)32(28(37)19-24)33(44)38-29(34(45)49-20(2)3)17-22-8-12-25(13-9-22)41-31(43)16-21(4)40(5)35(41)46/h8-16,18-20,29,39H,6-7,17H2,1-5H3,(H,38,44)/t29-/m0/s1. The summed E-state index contributed by atoms with van der Waals surface area (Å²) in [6, 6.07) is 12.1. The zero-order valence-electron chi connectivity index (χ0n) is 28.0. The number of aryl methyl sites for hydroxylation is 1. The molecule has 0 aliphatic heterocycles. The first-order valence-electron chi connectivity index (χ1n) is 15.6. The van der Waals surface area contributed by atoms with Crippen molar-refractivity contribution in [1.29, 1.82) is 0 Å². The lowest BCUT2D eigenvalue weighted by molar-refractivity contribution is -0.149. The van der Waals surface area contributed by atoms with Gasteiger partial charge in [-0.25, -0.2) is 31.4 Å². The number of ether oxygens (including phenoxy) is 1. The molecule has 264 valence electrons. The highest BCUT2D eigenvalue weighted by Crippen LogP contribution is 2.23. The van der Waals surface area contributed by atoms with Crippen LogP contribution in [0.2, 0.25) is 0 Å². The topological polar surface area (TPSA) is 163 Å². The molecule has 50 heavy (non-hydrogen) atoms. The van der Waals surface area contributed by atoms with Gasteiger partial charge in [-0.15, -0.1) is 0 Å². The maximum Gasteiger partial charge on any atom is 0.335 e. The second kappa shape index (κ2) is 15.4. The van der Waals surface area contributed by atoms with E-state index in [1.54, 1.807) is 20.8 Å². The number of hydrogen-bond acceptors (Lipinski definition) is 8. The van der Waals surface area contributed by atoms with Gasteiger partial charge in [0.25, 0.3) is 21.5 Å². The van der Waals surface area contributed by atoms with Crippen molar-refractivity contribution in [1.82, 2.24) is 14.5 Å². The Labute approximate surface area is 286 Å². The van der Waals surface area contributed by atoms with Crippen LogP contribution in [0, 0.1) is 18.6 Å². The smallest absolute Gasteiger partial charge is 0.335 e. The largest absolute Gasteiger partial charge is 0.461 e. The molecule has 3 aromatic carbocycles.